The van der Waals surface area contributed by atoms with Crippen LogP contribution in [0.3, 0.4) is 0 Å². The molecule has 0 fully saturated rings. The van der Waals surface area contributed by atoms with Gasteiger partial charge in [0.25, 0.3) is 0 Å². The van der Waals surface area contributed by atoms with Crippen LogP contribution in [0, 0.1) is 0 Å². The highest BCUT2D eigenvalue weighted by molar-refractivity contribution is 5.92. The van der Waals surface area contributed by atoms with E-state index in [1.165, 1.54) is 24.3 Å². The van der Waals surface area contributed by atoms with Crippen LogP contribution in [-0.4, -0.2) is 16.9 Å². The van der Waals surface area contributed by atoms with Crippen LogP contribution in [0.2, 0.25) is 0 Å². The Morgan fingerprint density at radius 2 is 1.95 bits per heavy atom. The SMILES string of the molecule is Cn1ccc(CN=C(N)Nc2ccc(OC(F)(F)F)cc2)c1. The maximum absolute atomic E-state index is 12.0. The molecule has 0 bridgehead atoms. The number of nitrogens with one attached hydrogen (secondary N) is 1. The van der Waals surface area contributed by atoms with Crippen molar-refractivity contribution in [2.24, 2.45) is 17.8 Å². The molecule has 0 unspecified atom stereocenters. The zero-order valence-corrected chi connectivity index (χ0v) is 11.8. The highest BCUT2D eigenvalue weighted by Gasteiger charge is 2.30. The maximum Gasteiger partial charge on any atom is 0.573 e. The van der Waals surface area contributed by atoms with Crippen molar-refractivity contribution in [1.82, 2.24) is 4.57 Å². The first-order valence-corrected chi connectivity index (χ1v) is 6.35. The Morgan fingerprint density at radius 3 is 2.50 bits per heavy atom. The van der Waals surface area contributed by atoms with Crippen molar-refractivity contribution in [3.05, 3.63) is 48.3 Å². The lowest BCUT2D eigenvalue weighted by molar-refractivity contribution is -0.274. The van der Waals surface area contributed by atoms with Crippen molar-refractivity contribution < 1.29 is 17.9 Å². The standard InChI is InChI=1S/C14H15F3N4O/c1-21-7-6-10(9-21)8-19-13(18)20-11-2-4-12(5-3-11)22-14(15,16)17/h2-7,9H,8H2,1H3,(H3,18,19,20). The van der Waals surface area contributed by atoms with Gasteiger partial charge >= 0.3 is 6.36 Å². The van der Waals surface area contributed by atoms with Crippen molar-refractivity contribution in [3.8, 4) is 5.75 Å². The van der Waals surface area contributed by atoms with Crippen molar-refractivity contribution >= 4 is 11.6 Å². The molecule has 0 aliphatic rings. The largest absolute Gasteiger partial charge is 0.573 e. The molecule has 0 spiro atoms. The molecule has 118 valence electrons. The topological polar surface area (TPSA) is 64.6 Å². The van der Waals surface area contributed by atoms with Crippen LogP contribution in [0.5, 0.6) is 5.75 Å². The van der Waals surface area contributed by atoms with E-state index >= 15 is 0 Å². The third-order valence-electron chi connectivity index (χ3n) is 2.69. The summed E-state index contributed by atoms with van der Waals surface area (Å²) in [4.78, 5) is 4.14. The van der Waals surface area contributed by atoms with Gasteiger partial charge in [-0.1, -0.05) is 0 Å². The van der Waals surface area contributed by atoms with Crippen LogP contribution >= 0.6 is 0 Å². The highest BCUT2D eigenvalue weighted by atomic mass is 19.4. The molecule has 22 heavy (non-hydrogen) atoms. The fourth-order valence-corrected chi connectivity index (χ4v) is 1.76. The summed E-state index contributed by atoms with van der Waals surface area (Å²) in [6.45, 7) is 0.412. The quantitative estimate of drug-likeness (QED) is 0.674. The number of aliphatic imine (C=N–C) groups is 1. The zero-order valence-electron chi connectivity index (χ0n) is 11.8. The van der Waals surface area contributed by atoms with E-state index in [4.69, 9.17) is 5.73 Å². The average molecular weight is 312 g/mol. The Kier molecular flexibility index (Phi) is 4.59. The van der Waals surface area contributed by atoms with Crippen LogP contribution in [0.15, 0.2) is 47.7 Å². The molecular formula is C14H15F3N4O. The fourth-order valence-electron chi connectivity index (χ4n) is 1.76. The van der Waals surface area contributed by atoms with Gasteiger partial charge in [-0.25, -0.2) is 4.99 Å². The first-order chi connectivity index (χ1) is 10.3. The number of ether oxygens (including phenoxy) is 1. The minimum atomic E-state index is -4.70. The predicted molar refractivity (Wildman–Crippen MR) is 77.5 cm³/mol. The van der Waals surface area contributed by atoms with Crippen LogP contribution in [0.4, 0.5) is 18.9 Å². The molecule has 3 N–H and O–H groups in total. The molecule has 1 aromatic carbocycles. The highest BCUT2D eigenvalue weighted by Crippen LogP contribution is 2.23. The van der Waals surface area contributed by atoms with Gasteiger partial charge < -0.3 is 20.4 Å². The van der Waals surface area contributed by atoms with Gasteiger partial charge in [-0.2, -0.15) is 0 Å². The number of guanidine groups is 1. The van der Waals surface area contributed by atoms with E-state index in [0.29, 0.717) is 12.2 Å². The van der Waals surface area contributed by atoms with Crippen LogP contribution < -0.4 is 15.8 Å². The van der Waals surface area contributed by atoms with Gasteiger partial charge in [0.2, 0.25) is 0 Å². The Balaban J connectivity index is 1.92. The molecule has 2 rings (SSSR count). The van der Waals surface area contributed by atoms with E-state index < -0.39 is 6.36 Å². The lowest BCUT2D eigenvalue weighted by Gasteiger charge is -2.10. The second-order valence-electron chi connectivity index (χ2n) is 4.58. The molecule has 8 heteroatoms. The number of aromatic nitrogens is 1. The summed E-state index contributed by atoms with van der Waals surface area (Å²) in [7, 11) is 1.90. The summed E-state index contributed by atoms with van der Waals surface area (Å²) in [6.07, 6.45) is -0.890. The maximum atomic E-state index is 12.0. The Morgan fingerprint density at radius 1 is 1.27 bits per heavy atom. The minimum Gasteiger partial charge on any atom is -0.406 e. The van der Waals surface area contributed by atoms with Gasteiger partial charge in [0.1, 0.15) is 5.75 Å². The number of hydrogen-bond acceptors (Lipinski definition) is 2. The first kappa shape index (κ1) is 15.7. The molecule has 0 amide bonds. The number of rotatable bonds is 4. The lowest BCUT2D eigenvalue weighted by atomic mass is 10.3. The number of hydrogen-bond donors (Lipinski definition) is 2. The van der Waals surface area contributed by atoms with Crippen LogP contribution in [0.1, 0.15) is 5.56 Å². The summed E-state index contributed by atoms with van der Waals surface area (Å²) in [6, 6.07) is 7.15. The Labute approximate surface area is 125 Å². The van der Waals surface area contributed by atoms with E-state index in [0.717, 1.165) is 5.56 Å². The molecule has 0 atom stereocenters. The van der Waals surface area contributed by atoms with Gasteiger partial charge in [0.05, 0.1) is 6.54 Å². The number of anilines is 1. The predicted octanol–water partition coefficient (Wildman–Crippen LogP) is 2.85. The first-order valence-electron chi connectivity index (χ1n) is 6.35. The van der Waals surface area contributed by atoms with Crippen molar-refractivity contribution in [2.75, 3.05) is 5.32 Å². The van der Waals surface area contributed by atoms with Gasteiger partial charge in [-0.3, -0.25) is 0 Å². The summed E-state index contributed by atoms with van der Waals surface area (Å²) in [5, 5.41) is 2.79. The third-order valence-corrected chi connectivity index (χ3v) is 2.69. The minimum absolute atomic E-state index is 0.174. The molecule has 1 heterocycles. The van der Waals surface area contributed by atoms with E-state index in [1.54, 1.807) is 0 Å². The van der Waals surface area contributed by atoms with Gasteiger partial charge in [0.15, 0.2) is 5.96 Å². The lowest BCUT2D eigenvalue weighted by Crippen LogP contribution is -2.22. The Bertz CT molecular complexity index is 647. The van der Waals surface area contributed by atoms with Crippen molar-refractivity contribution in [1.29, 1.82) is 0 Å². The number of alkyl halides is 3. The van der Waals surface area contributed by atoms with Gasteiger partial charge in [0, 0.05) is 25.1 Å². The molecule has 0 aliphatic heterocycles. The molecular weight excluding hydrogens is 297 g/mol. The summed E-state index contributed by atoms with van der Waals surface area (Å²) < 4.78 is 41.8. The molecule has 0 radical (unpaired) electrons. The summed E-state index contributed by atoms with van der Waals surface area (Å²) in [5.41, 5.74) is 7.24. The van der Waals surface area contributed by atoms with Gasteiger partial charge in [-0.05, 0) is 35.9 Å². The third kappa shape index (κ3) is 5.04. The van der Waals surface area contributed by atoms with Crippen LogP contribution in [-0.2, 0) is 13.6 Å². The monoisotopic (exact) mass is 312 g/mol. The number of nitrogens with zero attached hydrogens (tertiary/aromatic N) is 2. The van der Waals surface area contributed by atoms with Crippen molar-refractivity contribution in [2.45, 2.75) is 12.9 Å². The van der Waals surface area contributed by atoms with Gasteiger partial charge in [-0.15, -0.1) is 13.2 Å². The summed E-state index contributed by atoms with van der Waals surface area (Å²) in [5.74, 6) is -0.119. The van der Waals surface area contributed by atoms with E-state index in [9.17, 15) is 13.2 Å². The average Bonchev–Trinajstić information content (AvgIpc) is 2.83. The van der Waals surface area contributed by atoms with Crippen molar-refractivity contribution in [3.63, 3.8) is 0 Å². The van der Waals surface area contributed by atoms with Crippen LogP contribution in [0.25, 0.3) is 0 Å². The normalized spacial score (nSPS) is 12.3. The number of aryl methyl sites for hydroxylation is 1. The molecule has 0 aliphatic carbocycles. The fraction of sp³-hybridized carbons (Fsp3) is 0.214. The molecule has 2 aromatic rings. The molecule has 1 aromatic heterocycles. The zero-order chi connectivity index (χ0) is 16.2. The van der Waals surface area contributed by atoms with E-state index in [1.807, 2.05) is 30.1 Å². The van der Waals surface area contributed by atoms with E-state index in [2.05, 4.69) is 15.0 Å². The molecule has 0 saturated carbocycles. The second kappa shape index (κ2) is 6.42. The second-order valence-corrected chi connectivity index (χ2v) is 4.58. The Hall–Kier alpha value is -2.64. The molecule has 5 nitrogen and oxygen atoms in total. The number of benzene rings is 1. The number of nitrogens with two attached hydrogens (primary N) is 1. The van der Waals surface area contributed by atoms with E-state index in [-0.39, 0.29) is 11.7 Å². The summed E-state index contributed by atoms with van der Waals surface area (Å²) >= 11 is 0. The smallest absolute Gasteiger partial charge is 0.406 e. The number of halogens is 3. The molecule has 0 saturated heterocycles.